The molecular weight excluding hydrogens is 669 g/mol. The number of aromatic nitrogens is 4. The molecule has 1 N–H and O–H groups in total. The first-order valence-corrected chi connectivity index (χ1v) is 16.6. The van der Waals surface area contributed by atoms with Gasteiger partial charge >= 0.3 is 5.91 Å². The number of hydrogen-bond donors (Lipinski definition) is 1. The molecule has 14 heteroatoms. The Kier molecular flexibility index (Phi) is 8.97. The predicted octanol–water partition coefficient (Wildman–Crippen LogP) is 7.44. The lowest BCUT2D eigenvalue weighted by molar-refractivity contribution is -0.132. The highest BCUT2D eigenvalue weighted by molar-refractivity contribution is 8.00. The fraction of sp³-hybridized carbons (Fsp3) is 0.219. The van der Waals surface area contributed by atoms with Crippen LogP contribution in [-0.4, -0.2) is 50.1 Å². The Bertz CT molecular complexity index is 2040. The highest BCUT2D eigenvalue weighted by Gasteiger charge is 2.49. The van der Waals surface area contributed by atoms with E-state index in [1.807, 2.05) is 42.6 Å². The maximum absolute atomic E-state index is 13.8. The van der Waals surface area contributed by atoms with Gasteiger partial charge in [-0.15, -0.1) is 10.2 Å². The van der Waals surface area contributed by atoms with Gasteiger partial charge in [0.2, 0.25) is 5.13 Å². The third-order valence-corrected chi connectivity index (χ3v) is 10.2. The monoisotopic (exact) mass is 695 g/mol. The summed E-state index contributed by atoms with van der Waals surface area (Å²) in [6.45, 7) is 5.96. The number of methoxy groups -OCH3 is 1. The van der Waals surface area contributed by atoms with Gasteiger partial charge in [-0.1, -0.05) is 64.5 Å². The first-order chi connectivity index (χ1) is 22.1. The number of carbonyl (C=O) groups is 2. The van der Waals surface area contributed by atoms with E-state index in [4.69, 9.17) is 32.7 Å². The van der Waals surface area contributed by atoms with E-state index in [2.05, 4.69) is 15.2 Å². The molecule has 1 amide bonds. The van der Waals surface area contributed by atoms with Gasteiger partial charge in [0, 0.05) is 22.0 Å². The lowest BCUT2D eigenvalue weighted by Gasteiger charge is -2.23. The van der Waals surface area contributed by atoms with Crippen LogP contribution < -0.4 is 14.4 Å². The van der Waals surface area contributed by atoms with Crippen molar-refractivity contribution in [1.29, 1.82) is 0 Å². The Balaban J connectivity index is 1.46. The highest BCUT2D eigenvalue weighted by Crippen LogP contribution is 2.46. The Labute approximate surface area is 282 Å². The van der Waals surface area contributed by atoms with E-state index in [-0.39, 0.29) is 16.4 Å². The van der Waals surface area contributed by atoms with E-state index >= 15 is 0 Å². The Morgan fingerprint density at radius 1 is 1.09 bits per heavy atom. The van der Waals surface area contributed by atoms with Gasteiger partial charge in [-0.3, -0.25) is 14.5 Å². The number of aliphatic hydroxyl groups excluding tert-OH is 1. The average molecular weight is 697 g/mol. The van der Waals surface area contributed by atoms with Crippen molar-refractivity contribution in [2.45, 2.75) is 36.9 Å². The van der Waals surface area contributed by atoms with E-state index in [0.717, 1.165) is 22.5 Å². The third-order valence-electron chi connectivity index (χ3n) is 7.52. The van der Waals surface area contributed by atoms with E-state index in [1.54, 1.807) is 37.3 Å². The molecule has 5 aromatic rings. The van der Waals surface area contributed by atoms with Crippen molar-refractivity contribution in [2.75, 3.05) is 18.6 Å². The number of aryl methyl sites for hydroxylation is 2. The molecule has 1 fully saturated rings. The maximum Gasteiger partial charge on any atom is 0.301 e. The number of carbonyl (C=O) groups excluding carboxylic acids is 2. The number of ether oxygens (including phenoxy) is 2. The van der Waals surface area contributed by atoms with Crippen molar-refractivity contribution < 1.29 is 24.2 Å². The van der Waals surface area contributed by atoms with Gasteiger partial charge in [0.15, 0.2) is 21.6 Å². The zero-order valence-electron chi connectivity index (χ0n) is 25.1. The minimum atomic E-state index is -1.06. The molecule has 236 valence electrons. The number of benzene rings is 2. The van der Waals surface area contributed by atoms with E-state index in [1.165, 1.54) is 23.8 Å². The van der Waals surface area contributed by atoms with Gasteiger partial charge in [0.05, 0.1) is 31.0 Å². The van der Waals surface area contributed by atoms with Gasteiger partial charge in [-0.05, 0) is 67.8 Å². The number of halogens is 2. The van der Waals surface area contributed by atoms with Crippen molar-refractivity contribution in [1.82, 2.24) is 19.6 Å². The predicted molar refractivity (Wildman–Crippen MR) is 180 cm³/mol. The Morgan fingerprint density at radius 3 is 2.61 bits per heavy atom. The largest absolute Gasteiger partial charge is 0.505 e. The van der Waals surface area contributed by atoms with Crippen LogP contribution in [0.25, 0.3) is 11.4 Å². The number of Topliss-reactive ketones (excluding diaryl/α,β-unsaturated/α-hetero) is 1. The summed E-state index contributed by atoms with van der Waals surface area (Å²) in [4.78, 5) is 33.5. The molecule has 10 nitrogen and oxygen atoms in total. The lowest BCUT2D eigenvalue weighted by atomic mass is 9.96. The molecule has 4 heterocycles. The zero-order chi connectivity index (χ0) is 32.7. The molecular formula is C32H27Cl2N5O5S2. The molecule has 0 aliphatic carbocycles. The number of pyridine rings is 1. The lowest BCUT2D eigenvalue weighted by Crippen LogP contribution is -2.29. The second kappa shape index (κ2) is 13.0. The number of amides is 1. The molecule has 0 radical (unpaired) electrons. The van der Waals surface area contributed by atoms with Gasteiger partial charge in [0.25, 0.3) is 5.78 Å². The normalized spacial score (nSPS) is 16.0. The van der Waals surface area contributed by atoms with Crippen molar-refractivity contribution >= 4 is 74.5 Å². The molecule has 2 aromatic carbocycles. The smallest absolute Gasteiger partial charge is 0.301 e. The van der Waals surface area contributed by atoms with Crippen molar-refractivity contribution in [2.24, 2.45) is 0 Å². The number of hydrogen-bond acceptors (Lipinski definition) is 10. The second-order valence-electron chi connectivity index (χ2n) is 10.3. The first kappa shape index (κ1) is 31.9. The van der Waals surface area contributed by atoms with Gasteiger partial charge in [0.1, 0.15) is 11.3 Å². The summed E-state index contributed by atoms with van der Waals surface area (Å²) in [7, 11) is 1.50. The van der Waals surface area contributed by atoms with Crippen LogP contribution >= 0.6 is 46.3 Å². The number of ketones is 1. The minimum Gasteiger partial charge on any atom is -0.505 e. The quantitative estimate of drug-likeness (QED) is 0.0552. The fourth-order valence-corrected chi connectivity index (χ4v) is 7.71. The molecule has 46 heavy (non-hydrogen) atoms. The molecule has 1 saturated heterocycles. The van der Waals surface area contributed by atoms with Gasteiger partial charge in [-0.25, -0.2) is 4.98 Å². The average Bonchev–Trinajstić information content (AvgIpc) is 3.72. The zero-order valence-corrected chi connectivity index (χ0v) is 28.2. The highest BCUT2D eigenvalue weighted by atomic mass is 35.5. The molecule has 0 saturated carbocycles. The molecule has 3 aromatic heterocycles. The van der Waals surface area contributed by atoms with Crippen LogP contribution in [0.15, 0.2) is 64.6 Å². The summed E-state index contributed by atoms with van der Waals surface area (Å²) < 4.78 is 13.7. The van der Waals surface area contributed by atoms with Crippen molar-refractivity contribution in [3.63, 3.8) is 0 Å². The fourth-order valence-electron chi connectivity index (χ4n) is 5.28. The summed E-state index contributed by atoms with van der Waals surface area (Å²) in [6.07, 6.45) is 1.83. The number of nitrogens with zero attached hydrogens (tertiary/aromatic N) is 5. The van der Waals surface area contributed by atoms with Gasteiger partial charge < -0.3 is 19.0 Å². The van der Waals surface area contributed by atoms with Crippen molar-refractivity contribution in [3.05, 3.63) is 98.4 Å². The molecule has 1 aliphatic rings. The second-order valence-corrected chi connectivity index (χ2v) is 13.3. The van der Waals surface area contributed by atoms with Crippen LogP contribution in [0.4, 0.5) is 5.13 Å². The summed E-state index contributed by atoms with van der Waals surface area (Å²) >= 11 is 14.9. The first-order valence-electron chi connectivity index (χ1n) is 14.1. The van der Waals surface area contributed by atoms with Crippen LogP contribution in [0.5, 0.6) is 11.5 Å². The molecule has 0 spiro atoms. The standard InChI is InChI=1S/C32H27Cl2N5O5S2/c1-5-44-22-11-9-18(13-23(22)43-4)26-24(27(40)25-17(3)38-12-6-7-16(2)29(38)35-25)28(41)30(42)39(26)31-36-37-32(46-31)45-15-19-8-10-20(33)14-21(19)34/h6-14,26,40H,5,15H2,1-4H3. The maximum atomic E-state index is 13.8. The number of aliphatic hydroxyl groups is 1. The topological polar surface area (TPSA) is 119 Å². The van der Waals surface area contributed by atoms with Crippen LogP contribution in [-0.2, 0) is 15.3 Å². The Morgan fingerprint density at radius 2 is 1.89 bits per heavy atom. The number of fused-ring (bicyclic) bond motifs is 1. The number of imidazole rings is 1. The summed E-state index contributed by atoms with van der Waals surface area (Å²) in [5.41, 5.74) is 3.55. The van der Waals surface area contributed by atoms with Crippen LogP contribution in [0, 0.1) is 13.8 Å². The third kappa shape index (κ3) is 5.70. The van der Waals surface area contributed by atoms with Crippen LogP contribution in [0.2, 0.25) is 10.0 Å². The Hall–Kier alpha value is -4.10. The summed E-state index contributed by atoms with van der Waals surface area (Å²) in [5, 5.41) is 21.6. The molecule has 1 aliphatic heterocycles. The molecule has 1 atom stereocenters. The molecule has 1 unspecified atom stereocenters. The van der Waals surface area contributed by atoms with Crippen LogP contribution in [0.3, 0.4) is 0 Å². The number of anilines is 1. The summed E-state index contributed by atoms with van der Waals surface area (Å²) in [6, 6.07) is 13.1. The SMILES string of the molecule is CCOc1ccc(C2C(=C(O)c3nc4c(C)cccn4c3C)C(=O)C(=O)N2c2nnc(SCc3ccc(Cl)cc3Cl)s2)cc1OC. The number of thioether (sulfide) groups is 1. The van der Waals surface area contributed by atoms with Crippen LogP contribution in [0.1, 0.15) is 41.0 Å². The number of rotatable bonds is 9. The van der Waals surface area contributed by atoms with E-state index in [0.29, 0.717) is 55.1 Å². The van der Waals surface area contributed by atoms with E-state index in [9.17, 15) is 14.7 Å². The molecule has 6 rings (SSSR count). The summed E-state index contributed by atoms with van der Waals surface area (Å²) in [5.74, 6) is -0.747. The van der Waals surface area contributed by atoms with Crippen molar-refractivity contribution in [3.8, 4) is 11.5 Å². The minimum absolute atomic E-state index is 0.127. The van der Waals surface area contributed by atoms with E-state index < -0.39 is 23.5 Å². The molecule has 0 bridgehead atoms. The van der Waals surface area contributed by atoms with Gasteiger partial charge in [-0.2, -0.15) is 0 Å².